The normalized spacial score (nSPS) is 16.3. The molecule has 3 aromatic heterocycles. The number of H-pyrrole nitrogens is 2. The molecule has 7 aromatic rings. The predicted molar refractivity (Wildman–Crippen MR) is 225 cm³/mol. The van der Waals surface area contributed by atoms with E-state index in [1.807, 2.05) is 115 Å². The molecule has 0 unspecified atom stereocenters. The number of aromatic amines is 2. The van der Waals surface area contributed by atoms with Crippen LogP contribution >= 0.6 is 0 Å². The van der Waals surface area contributed by atoms with Crippen molar-refractivity contribution < 1.29 is 14.9 Å². The molecule has 8 bridgehead atoms. The lowest BCUT2D eigenvalue weighted by Gasteiger charge is -2.37. The van der Waals surface area contributed by atoms with Crippen LogP contribution in [0.15, 0.2) is 146 Å². The van der Waals surface area contributed by atoms with E-state index in [1.165, 1.54) is 0 Å². The Morgan fingerprint density at radius 3 is 1.20 bits per heavy atom. The highest BCUT2D eigenvalue weighted by atomic mass is 16.5. The van der Waals surface area contributed by atoms with Crippen LogP contribution in [-0.4, -0.2) is 30.1 Å². The summed E-state index contributed by atoms with van der Waals surface area (Å²) < 4.78 is 7.38. The van der Waals surface area contributed by atoms with Crippen molar-refractivity contribution in [1.82, 2.24) is 19.9 Å². The zero-order valence-corrected chi connectivity index (χ0v) is 31.9. The summed E-state index contributed by atoms with van der Waals surface area (Å²) in [5, 5.41) is 24.0. The Morgan fingerprint density at radius 2 is 0.804 bits per heavy atom. The minimum Gasteiger partial charge on any atom is -0.463 e. The number of ether oxygens (including phenoxy) is 1. The highest BCUT2D eigenvalue weighted by molar-refractivity contribution is 5.93. The first-order valence-corrected chi connectivity index (χ1v) is 19.3. The van der Waals surface area contributed by atoms with Gasteiger partial charge >= 0.3 is 0 Å². The first-order chi connectivity index (χ1) is 27.3. The maximum Gasteiger partial charge on any atom is 0.224 e. The number of rotatable bonds is 6. The van der Waals surface area contributed by atoms with Gasteiger partial charge in [0, 0.05) is 33.2 Å². The number of benzene rings is 4. The second kappa shape index (κ2) is 14.1. The molecule has 7 nitrogen and oxygen atoms in total. The lowest BCUT2D eigenvalue weighted by atomic mass is 9.75. The van der Waals surface area contributed by atoms with Crippen molar-refractivity contribution in [2.75, 3.05) is 0 Å². The number of aromatic nitrogens is 4. The zero-order chi connectivity index (χ0) is 38.6. The molecule has 9 rings (SSSR count). The Bertz CT molecular complexity index is 2700. The summed E-state index contributed by atoms with van der Waals surface area (Å²) >= 11 is 0. The maximum atomic E-state index is 12.0. The SMILES string of the molecule is CC(C)C1(C(C)C)Oc2nc1c(-c1ccccc1)c1ccc([nH]1)c(-c1ccccc1)c1nc(c(-c3ccccc3)c3ccc([nH]3)c2-c2ccccc2)[C@@H](O)[C@H]1O. The third-order valence-corrected chi connectivity index (χ3v) is 11.3. The molecule has 2 atom stereocenters. The number of aliphatic hydroxyl groups excluding tert-OH is 2. The number of aliphatic hydroxyl groups is 2. The van der Waals surface area contributed by atoms with Gasteiger partial charge < -0.3 is 24.9 Å². The molecule has 0 radical (unpaired) electrons. The maximum absolute atomic E-state index is 12.0. The Morgan fingerprint density at radius 1 is 0.464 bits per heavy atom. The van der Waals surface area contributed by atoms with E-state index in [-0.39, 0.29) is 11.8 Å². The second-order valence-corrected chi connectivity index (χ2v) is 15.3. The standard InChI is InChI=1S/C49H44N4O3/c1-29(2)49(30(3)4)47-41(33-21-13-7-14-22-33)37-27-25-35(50-37)39(31-17-9-5-10-18-31)43-45(54)46(55)44(52-43)40(32-19-11-6-12-20-32)36-26-28-38(51-36)42(48(53-47)56-49)34-23-15-8-16-24-34/h5-30,45-46,50-51,54-55H,1-4H3/t45-,46+/m0/s1. The van der Waals surface area contributed by atoms with Crippen molar-refractivity contribution in [2.45, 2.75) is 45.5 Å². The molecular weight excluding hydrogens is 693 g/mol. The van der Waals surface area contributed by atoms with Crippen LogP contribution in [-0.2, 0) is 5.60 Å². The van der Waals surface area contributed by atoms with Crippen LogP contribution in [0.3, 0.4) is 0 Å². The molecule has 0 spiro atoms. The Balaban J connectivity index is 1.56. The van der Waals surface area contributed by atoms with Gasteiger partial charge in [-0.05, 0) is 58.4 Å². The lowest BCUT2D eigenvalue weighted by Crippen LogP contribution is -2.41. The van der Waals surface area contributed by atoms with Gasteiger partial charge in [0.05, 0.1) is 28.2 Å². The topological polar surface area (TPSA) is 107 Å². The zero-order valence-electron chi connectivity index (χ0n) is 31.9. The molecule has 2 aliphatic heterocycles. The van der Waals surface area contributed by atoms with Gasteiger partial charge in [0.25, 0.3) is 0 Å². The summed E-state index contributed by atoms with van der Waals surface area (Å²) in [7, 11) is 0. The van der Waals surface area contributed by atoms with Crippen molar-refractivity contribution in [2.24, 2.45) is 11.8 Å². The van der Waals surface area contributed by atoms with Crippen LogP contribution in [0.2, 0.25) is 0 Å². The van der Waals surface area contributed by atoms with E-state index in [4.69, 9.17) is 14.7 Å². The van der Waals surface area contributed by atoms with Crippen LogP contribution in [0.4, 0.5) is 0 Å². The van der Waals surface area contributed by atoms with Gasteiger partial charge in [-0.25, -0.2) is 4.98 Å². The minimum atomic E-state index is -1.29. The Labute approximate surface area is 326 Å². The van der Waals surface area contributed by atoms with Crippen molar-refractivity contribution in [3.63, 3.8) is 0 Å². The molecular formula is C49H44N4O3. The van der Waals surface area contributed by atoms with E-state index in [1.54, 1.807) is 0 Å². The van der Waals surface area contributed by atoms with Crippen molar-refractivity contribution in [3.8, 4) is 50.4 Å². The molecule has 7 heteroatoms. The van der Waals surface area contributed by atoms with Gasteiger partial charge in [0.2, 0.25) is 5.88 Å². The van der Waals surface area contributed by atoms with Gasteiger partial charge in [-0.3, -0.25) is 4.98 Å². The van der Waals surface area contributed by atoms with E-state index in [9.17, 15) is 10.2 Å². The first kappa shape index (κ1) is 35.4. The molecule has 0 amide bonds. The fourth-order valence-corrected chi connectivity index (χ4v) is 8.69. The van der Waals surface area contributed by atoms with Crippen LogP contribution in [0, 0.1) is 11.8 Å². The molecule has 0 saturated carbocycles. The van der Waals surface area contributed by atoms with Crippen LogP contribution in [0.5, 0.6) is 5.88 Å². The molecule has 56 heavy (non-hydrogen) atoms. The molecule has 5 heterocycles. The molecule has 2 aliphatic rings. The van der Waals surface area contributed by atoms with Crippen LogP contribution < -0.4 is 4.74 Å². The minimum absolute atomic E-state index is 0.0350. The summed E-state index contributed by atoms with van der Waals surface area (Å²) in [4.78, 5) is 18.3. The molecule has 4 aromatic carbocycles. The molecule has 0 fully saturated rings. The van der Waals surface area contributed by atoms with Crippen LogP contribution in [0.1, 0.15) is 57.0 Å². The lowest BCUT2D eigenvalue weighted by molar-refractivity contribution is -0.0138. The smallest absolute Gasteiger partial charge is 0.224 e. The van der Waals surface area contributed by atoms with Crippen molar-refractivity contribution in [3.05, 3.63) is 163 Å². The predicted octanol–water partition coefficient (Wildman–Crippen LogP) is 11.3. The summed E-state index contributed by atoms with van der Waals surface area (Å²) in [6.07, 6.45) is -2.59. The molecule has 0 saturated heterocycles. The molecule has 278 valence electrons. The molecule has 4 N–H and O–H groups in total. The third-order valence-electron chi connectivity index (χ3n) is 11.3. The number of nitrogens with one attached hydrogen (secondary N) is 2. The van der Waals surface area contributed by atoms with E-state index in [0.29, 0.717) is 28.4 Å². The quantitative estimate of drug-likeness (QED) is 0.136. The number of nitrogens with zero attached hydrogens (tertiary/aromatic N) is 2. The van der Waals surface area contributed by atoms with Gasteiger partial charge in [-0.2, -0.15) is 0 Å². The third kappa shape index (κ3) is 5.74. The number of hydrogen-bond donors (Lipinski definition) is 4. The highest BCUT2D eigenvalue weighted by Crippen LogP contribution is 2.51. The summed E-state index contributed by atoms with van der Waals surface area (Å²) in [6, 6.07) is 48.5. The highest BCUT2D eigenvalue weighted by Gasteiger charge is 2.49. The Kier molecular flexibility index (Phi) is 8.92. The van der Waals surface area contributed by atoms with Crippen LogP contribution in [0.25, 0.3) is 66.6 Å². The van der Waals surface area contributed by atoms with E-state index < -0.39 is 17.8 Å². The fraction of sp³-hybridized carbons (Fsp3) is 0.184. The fourth-order valence-electron chi connectivity index (χ4n) is 8.69. The number of fused-ring (bicyclic) bond motifs is 8. The number of hydrogen-bond acceptors (Lipinski definition) is 5. The molecule has 0 aliphatic carbocycles. The largest absolute Gasteiger partial charge is 0.463 e. The van der Waals surface area contributed by atoms with E-state index >= 15 is 0 Å². The summed E-state index contributed by atoms with van der Waals surface area (Å²) in [6.45, 7) is 8.83. The van der Waals surface area contributed by atoms with Crippen molar-refractivity contribution >= 4 is 22.1 Å². The van der Waals surface area contributed by atoms with E-state index in [0.717, 1.165) is 61.1 Å². The average Bonchev–Trinajstić information content (AvgIpc) is 4.03. The average molecular weight is 737 g/mol. The van der Waals surface area contributed by atoms with Gasteiger partial charge in [0.15, 0.2) is 5.60 Å². The van der Waals surface area contributed by atoms with Gasteiger partial charge in [-0.1, -0.05) is 149 Å². The van der Waals surface area contributed by atoms with Gasteiger partial charge in [0.1, 0.15) is 12.2 Å². The van der Waals surface area contributed by atoms with Gasteiger partial charge in [-0.15, -0.1) is 0 Å². The second-order valence-electron chi connectivity index (χ2n) is 15.3. The summed E-state index contributed by atoms with van der Waals surface area (Å²) in [5.41, 5.74) is 10.7. The first-order valence-electron chi connectivity index (χ1n) is 19.3. The Hall–Kier alpha value is -6.28. The monoisotopic (exact) mass is 736 g/mol. The van der Waals surface area contributed by atoms with E-state index in [2.05, 4.69) is 68.0 Å². The summed E-state index contributed by atoms with van der Waals surface area (Å²) in [5.74, 6) is 0.594. The van der Waals surface area contributed by atoms with Crippen molar-refractivity contribution in [1.29, 1.82) is 0 Å².